The van der Waals surface area contributed by atoms with Gasteiger partial charge in [0.2, 0.25) is 0 Å². The summed E-state index contributed by atoms with van der Waals surface area (Å²) in [6.07, 6.45) is 8.27. The summed E-state index contributed by atoms with van der Waals surface area (Å²) in [5, 5.41) is 6.73. The molecule has 0 radical (unpaired) electrons. The molecule has 1 aliphatic carbocycles. The minimum absolute atomic E-state index is 0.884. The van der Waals surface area contributed by atoms with Gasteiger partial charge in [0.15, 0.2) is 5.96 Å². The van der Waals surface area contributed by atoms with Crippen LogP contribution >= 0.6 is 0 Å². The molecule has 3 nitrogen and oxygen atoms in total. The Kier molecular flexibility index (Phi) is 3.66. The average molecular weight is 195 g/mol. The minimum atomic E-state index is 0.884. The van der Waals surface area contributed by atoms with Gasteiger partial charge in [-0.2, -0.15) is 0 Å². The fourth-order valence-corrected chi connectivity index (χ4v) is 2.28. The Labute approximate surface area is 86.4 Å². The first-order valence-corrected chi connectivity index (χ1v) is 5.97. The van der Waals surface area contributed by atoms with E-state index in [1.807, 2.05) is 0 Å². The van der Waals surface area contributed by atoms with Crippen LogP contribution in [-0.2, 0) is 0 Å². The Bertz CT molecular complexity index is 195. The second-order valence-electron chi connectivity index (χ2n) is 4.40. The standard InChI is InChI=1S/C11H21N3/c1-2-5-10(6-3-1)9-14-11-12-7-4-8-13-11/h10H,1-9H2,(H2,12,13,14). The van der Waals surface area contributed by atoms with Gasteiger partial charge in [-0.3, -0.25) is 4.99 Å². The van der Waals surface area contributed by atoms with Gasteiger partial charge >= 0.3 is 0 Å². The normalized spacial score (nSPS) is 23.9. The largest absolute Gasteiger partial charge is 0.356 e. The first kappa shape index (κ1) is 9.81. The Balaban J connectivity index is 1.67. The van der Waals surface area contributed by atoms with E-state index >= 15 is 0 Å². The molecule has 0 saturated heterocycles. The van der Waals surface area contributed by atoms with E-state index in [0.717, 1.165) is 31.5 Å². The molecule has 0 unspecified atom stereocenters. The van der Waals surface area contributed by atoms with Gasteiger partial charge in [0, 0.05) is 19.6 Å². The molecule has 2 aliphatic rings. The van der Waals surface area contributed by atoms with Gasteiger partial charge in [0.05, 0.1) is 0 Å². The highest BCUT2D eigenvalue weighted by atomic mass is 15.2. The Morgan fingerprint density at radius 3 is 2.79 bits per heavy atom. The topological polar surface area (TPSA) is 36.4 Å². The molecule has 1 heterocycles. The molecular weight excluding hydrogens is 174 g/mol. The maximum Gasteiger partial charge on any atom is 0.191 e. The first-order chi connectivity index (χ1) is 6.95. The third-order valence-corrected chi connectivity index (χ3v) is 3.18. The van der Waals surface area contributed by atoms with Crippen molar-refractivity contribution in [3.63, 3.8) is 0 Å². The van der Waals surface area contributed by atoms with Crippen LogP contribution in [0, 0.1) is 5.92 Å². The Hall–Kier alpha value is -0.730. The van der Waals surface area contributed by atoms with Crippen LogP contribution in [-0.4, -0.2) is 25.6 Å². The molecule has 0 aromatic rings. The molecule has 1 fully saturated rings. The maximum atomic E-state index is 4.41. The monoisotopic (exact) mass is 195 g/mol. The van der Waals surface area contributed by atoms with Crippen molar-refractivity contribution in [2.75, 3.05) is 19.6 Å². The number of rotatable bonds is 2. The summed E-state index contributed by atoms with van der Waals surface area (Å²) >= 11 is 0. The zero-order valence-corrected chi connectivity index (χ0v) is 8.89. The van der Waals surface area contributed by atoms with Gasteiger partial charge in [0.1, 0.15) is 0 Å². The van der Waals surface area contributed by atoms with Crippen LogP contribution in [0.1, 0.15) is 38.5 Å². The van der Waals surface area contributed by atoms with Crippen molar-refractivity contribution in [1.29, 1.82) is 0 Å². The molecule has 0 bridgehead atoms. The number of hydrogen-bond acceptors (Lipinski definition) is 3. The quantitative estimate of drug-likeness (QED) is 0.700. The smallest absolute Gasteiger partial charge is 0.191 e. The van der Waals surface area contributed by atoms with Crippen molar-refractivity contribution in [3.05, 3.63) is 0 Å². The Morgan fingerprint density at radius 1 is 1.21 bits per heavy atom. The molecule has 0 aromatic carbocycles. The molecule has 2 rings (SSSR count). The summed E-state index contributed by atoms with van der Waals surface area (Å²) in [6, 6.07) is 0. The highest BCUT2D eigenvalue weighted by Gasteiger charge is 2.13. The number of nitrogens with zero attached hydrogens (tertiary/aromatic N) is 1. The van der Waals surface area contributed by atoms with Gasteiger partial charge in [-0.25, -0.2) is 0 Å². The summed E-state index contributed by atoms with van der Waals surface area (Å²) < 4.78 is 0. The number of aliphatic imine (C=N–C) groups is 1. The van der Waals surface area contributed by atoms with Gasteiger partial charge in [0.25, 0.3) is 0 Å². The van der Waals surface area contributed by atoms with E-state index in [4.69, 9.17) is 0 Å². The van der Waals surface area contributed by atoms with Crippen LogP contribution in [0.3, 0.4) is 0 Å². The van der Waals surface area contributed by atoms with Crippen LogP contribution in [0.5, 0.6) is 0 Å². The fraction of sp³-hybridized carbons (Fsp3) is 0.909. The molecule has 0 spiro atoms. The molecule has 1 saturated carbocycles. The maximum absolute atomic E-state index is 4.41. The van der Waals surface area contributed by atoms with Crippen molar-refractivity contribution in [1.82, 2.24) is 10.6 Å². The van der Waals surface area contributed by atoms with E-state index in [2.05, 4.69) is 15.6 Å². The van der Waals surface area contributed by atoms with Gasteiger partial charge in [-0.15, -0.1) is 0 Å². The van der Waals surface area contributed by atoms with Gasteiger partial charge in [-0.1, -0.05) is 19.3 Å². The van der Waals surface area contributed by atoms with E-state index in [1.165, 1.54) is 38.5 Å². The predicted octanol–water partition coefficient (Wildman–Crippen LogP) is 1.51. The molecule has 14 heavy (non-hydrogen) atoms. The zero-order valence-electron chi connectivity index (χ0n) is 8.89. The van der Waals surface area contributed by atoms with Crippen LogP contribution in [0.4, 0.5) is 0 Å². The minimum Gasteiger partial charge on any atom is -0.356 e. The Morgan fingerprint density at radius 2 is 2.07 bits per heavy atom. The van der Waals surface area contributed by atoms with Crippen molar-refractivity contribution in [2.45, 2.75) is 38.5 Å². The number of guanidine groups is 1. The summed E-state index contributed by atoms with van der Waals surface area (Å²) in [6.45, 7) is 3.18. The fourth-order valence-electron chi connectivity index (χ4n) is 2.28. The second kappa shape index (κ2) is 5.23. The van der Waals surface area contributed by atoms with E-state index in [-0.39, 0.29) is 0 Å². The first-order valence-electron chi connectivity index (χ1n) is 5.97. The third kappa shape index (κ3) is 2.89. The lowest BCUT2D eigenvalue weighted by atomic mass is 9.89. The van der Waals surface area contributed by atoms with Crippen LogP contribution in [0.15, 0.2) is 4.99 Å². The lowest BCUT2D eigenvalue weighted by Gasteiger charge is -2.24. The summed E-state index contributed by atoms with van der Waals surface area (Å²) in [4.78, 5) is 4.41. The van der Waals surface area contributed by atoms with E-state index < -0.39 is 0 Å². The van der Waals surface area contributed by atoms with E-state index in [9.17, 15) is 0 Å². The second-order valence-corrected chi connectivity index (χ2v) is 4.40. The van der Waals surface area contributed by atoms with Crippen molar-refractivity contribution in [2.24, 2.45) is 10.9 Å². The number of nitrogens with one attached hydrogen (secondary N) is 2. The van der Waals surface area contributed by atoms with Crippen molar-refractivity contribution in [3.8, 4) is 0 Å². The van der Waals surface area contributed by atoms with E-state index in [1.54, 1.807) is 0 Å². The molecule has 0 amide bonds. The molecule has 2 N–H and O–H groups in total. The average Bonchev–Trinajstić information content (AvgIpc) is 2.29. The lowest BCUT2D eigenvalue weighted by Crippen LogP contribution is -2.42. The molecule has 80 valence electrons. The van der Waals surface area contributed by atoms with Gasteiger partial charge < -0.3 is 10.6 Å². The third-order valence-electron chi connectivity index (χ3n) is 3.18. The van der Waals surface area contributed by atoms with Crippen LogP contribution in [0.25, 0.3) is 0 Å². The lowest BCUT2D eigenvalue weighted by molar-refractivity contribution is 0.355. The van der Waals surface area contributed by atoms with Crippen LogP contribution < -0.4 is 10.6 Å². The highest BCUT2D eigenvalue weighted by molar-refractivity contribution is 5.80. The highest BCUT2D eigenvalue weighted by Crippen LogP contribution is 2.22. The van der Waals surface area contributed by atoms with Crippen LogP contribution in [0.2, 0.25) is 0 Å². The van der Waals surface area contributed by atoms with Gasteiger partial charge in [-0.05, 0) is 25.2 Å². The molecule has 3 heteroatoms. The summed E-state index contributed by atoms with van der Waals surface area (Å²) in [5.74, 6) is 1.91. The summed E-state index contributed by atoms with van der Waals surface area (Å²) in [7, 11) is 0. The zero-order chi connectivity index (χ0) is 9.64. The SMILES string of the molecule is C1CCC(CNC2=NCCCN2)CC1. The number of hydrogen-bond donors (Lipinski definition) is 2. The van der Waals surface area contributed by atoms with Crippen molar-refractivity contribution < 1.29 is 0 Å². The molecule has 0 aromatic heterocycles. The predicted molar refractivity (Wildman–Crippen MR) is 59.5 cm³/mol. The van der Waals surface area contributed by atoms with Crippen molar-refractivity contribution >= 4 is 5.96 Å². The molecule has 0 atom stereocenters. The summed E-state index contributed by atoms with van der Waals surface area (Å²) in [5.41, 5.74) is 0. The van der Waals surface area contributed by atoms with E-state index in [0.29, 0.717) is 0 Å². The molecule has 1 aliphatic heterocycles. The molecular formula is C11H21N3.